The molecule has 0 unspecified atom stereocenters. The second kappa shape index (κ2) is 7.04. The first-order valence-electron chi connectivity index (χ1n) is 6.01. The zero-order valence-electron chi connectivity index (χ0n) is 11.5. The summed E-state index contributed by atoms with van der Waals surface area (Å²) >= 11 is 0. The van der Waals surface area contributed by atoms with Crippen molar-refractivity contribution < 1.29 is 4.42 Å². The van der Waals surface area contributed by atoms with Crippen LogP contribution >= 0.6 is 0 Å². The average Bonchev–Trinajstić information content (AvgIpc) is 2.65. The Kier molecular flexibility index (Phi) is 6.47. The van der Waals surface area contributed by atoms with Crippen molar-refractivity contribution in [2.75, 3.05) is 0 Å². The van der Waals surface area contributed by atoms with E-state index < -0.39 is 0 Å². The summed E-state index contributed by atoms with van der Waals surface area (Å²) in [5.41, 5.74) is 4.28. The van der Waals surface area contributed by atoms with E-state index >= 15 is 0 Å². The van der Waals surface area contributed by atoms with Crippen LogP contribution in [0.15, 0.2) is 16.5 Å². The quantitative estimate of drug-likeness (QED) is 0.638. The number of oxazole rings is 1. The van der Waals surface area contributed by atoms with Crippen molar-refractivity contribution in [3.63, 3.8) is 0 Å². The van der Waals surface area contributed by atoms with E-state index in [1.165, 1.54) is 11.1 Å². The molecule has 2 heteroatoms. The van der Waals surface area contributed by atoms with Gasteiger partial charge in [-0.3, -0.25) is 0 Å². The monoisotopic (exact) mass is 221 g/mol. The topological polar surface area (TPSA) is 26.0 Å². The van der Waals surface area contributed by atoms with Gasteiger partial charge in [-0.15, -0.1) is 0 Å². The van der Waals surface area contributed by atoms with Crippen LogP contribution in [0.25, 0.3) is 11.1 Å². The minimum atomic E-state index is 0.735. The van der Waals surface area contributed by atoms with Crippen LogP contribution in [-0.4, -0.2) is 4.98 Å². The largest absolute Gasteiger partial charge is 0.441 e. The van der Waals surface area contributed by atoms with Crippen LogP contribution in [0.2, 0.25) is 0 Å². The zero-order chi connectivity index (χ0) is 12.7. The molecule has 0 bridgehead atoms. The maximum absolute atomic E-state index is 5.42. The molecular formula is C14H23NO. The fraction of sp³-hybridized carbons (Fsp3) is 0.500. The average molecular weight is 221 g/mol. The van der Waals surface area contributed by atoms with Crippen molar-refractivity contribution >= 4 is 11.1 Å². The Morgan fingerprint density at radius 1 is 0.938 bits per heavy atom. The first-order chi connectivity index (χ1) is 7.66. The Bertz CT molecular complexity index is 429. The van der Waals surface area contributed by atoms with Crippen molar-refractivity contribution in [1.29, 1.82) is 0 Å². The highest BCUT2D eigenvalue weighted by molar-refractivity contribution is 5.77. The number of benzene rings is 1. The fourth-order valence-electron chi connectivity index (χ4n) is 1.48. The van der Waals surface area contributed by atoms with Gasteiger partial charge >= 0.3 is 0 Å². The van der Waals surface area contributed by atoms with Crippen molar-refractivity contribution in [3.05, 3.63) is 29.2 Å². The number of hydrogen-bond acceptors (Lipinski definition) is 2. The highest BCUT2D eigenvalue weighted by atomic mass is 16.3. The predicted molar refractivity (Wildman–Crippen MR) is 70.9 cm³/mol. The summed E-state index contributed by atoms with van der Waals surface area (Å²) in [4.78, 5) is 4.29. The normalized spacial score (nSPS) is 8.94. The van der Waals surface area contributed by atoms with E-state index in [1.807, 2.05) is 40.7 Å². The number of hydrogen-bond donors (Lipinski definition) is 0. The van der Waals surface area contributed by atoms with Crippen LogP contribution in [-0.2, 0) is 0 Å². The molecule has 2 nitrogen and oxygen atoms in total. The molecule has 0 fully saturated rings. The highest BCUT2D eigenvalue weighted by Crippen LogP contribution is 2.20. The predicted octanol–water partition coefficient (Wildman–Crippen LogP) is 4.81. The van der Waals surface area contributed by atoms with E-state index in [-0.39, 0.29) is 0 Å². The lowest BCUT2D eigenvalue weighted by Gasteiger charge is -1.94. The van der Waals surface area contributed by atoms with Gasteiger partial charge in [-0.2, -0.15) is 0 Å². The number of nitrogens with zero attached hydrogens (tertiary/aromatic N) is 1. The van der Waals surface area contributed by atoms with Crippen LogP contribution in [0.1, 0.15) is 44.7 Å². The minimum Gasteiger partial charge on any atom is -0.441 e. The third-order valence-corrected chi connectivity index (χ3v) is 1.94. The third-order valence-electron chi connectivity index (χ3n) is 1.94. The van der Waals surface area contributed by atoms with Gasteiger partial charge in [0.2, 0.25) is 0 Å². The Morgan fingerprint density at radius 3 is 2.06 bits per heavy atom. The third kappa shape index (κ3) is 3.37. The summed E-state index contributed by atoms with van der Waals surface area (Å²) in [6.07, 6.45) is 0. The molecule has 0 radical (unpaired) electrons. The van der Waals surface area contributed by atoms with E-state index in [1.54, 1.807) is 0 Å². The van der Waals surface area contributed by atoms with Crippen LogP contribution in [0, 0.1) is 20.8 Å². The summed E-state index contributed by atoms with van der Waals surface area (Å²) in [7, 11) is 0. The summed E-state index contributed by atoms with van der Waals surface area (Å²) in [5, 5.41) is 0. The number of rotatable bonds is 0. The van der Waals surface area contributed by atoms with Gasteiger partial charge in [-0.1, -0.05) is 33.8 Å². The van der Waals surface area contributed by atoms with Gasteiger partial charge in [0.1, 0.15) is 5.52 Å². The molecule has 2 rings (SSSR count). The SMILES string of the molecule is CC.CC.Cc1cc(C)c2nc(C)oc2c1. The Hall–Kier alpha value is -1.31. The molecule has 1 heterocycles. The van der Waals surface area contributed by atoms with Gasteiger partial charge in [0, 0.05) is 6.92 Å². The van der Waals surface area contributed by atoms with E-state index in [0.29, 0.717) is 0 Å². The van der Waals surface area contributed by atoms with E-state index in [0.717, 1.165) is 17.0 Å². The maximum atomic E-state index is 5.42. The first-order valence-corrected chi connectivity index (χ1v) is 6.01. The summed E-state index contributed by atoms with van der Waals surface area (Å²) < 4.78 is 5.42. The van der Waals surface area contributed by atoms with E-state index in [9.17, 15) is 0 Å². The highest BCUT2D eigenvalue weighted by Gasteiger charge is 2.04. The maximum Gasteiger partial charge on any atom is 0.192 e. The second-order valence-electron chi connectivity index (χ2n) is 3.16. The van der Waals surface area contributed by atoms with Gasteiger partial charge in [-0.05, 0) is 31.0 Å². The van der Waals surface area contributed by atoms with E-state index in [2.05, 4.69) is 24.9 Å². The molecule has 0 spiro atoms. The molecule has 0 N–H and O–H groups in total. The molecule has 0 saturated heterocycles. The summed E-state index contributed by atoms with van der Waals surface area (Å²) in [5.74, 6) is 0.735. The number of aryl methyl sites for hydroxylation is 3. The number of aromatic nitrogens is 1. The first kappa shape index (κ1) is 14.7. The molecule has 1 aromatic carbocycles. The molecule has 90 valence electrons. The molecule has 0 saturated carbocycles. The van der Waals surface area contributed by atoms with Crippen molar-refractivity contribution in [2.24, 2.45) is 0 Å². The molecule has 1 aromatic heterocycles. The molecule has 0 amide bonds. The molecule has 0 aliphatic heterocycles. The lowest BCUT2D eigenvalue weighted by Crippen LogP contribution is -1.78. The van der Waals surface area contributed by atoms with Gasteiger partial charge < -0.3 is 4.42 Å². The van der Waals surface area contributed by atoms with Crippen molar-refractivity contribution in [3.8, 4) is 0 Å². The molecule has 0 aliphatic rings. The molecule has 16 heavy (non-hydrogen) atoms. The van der Waals surface area contributed by atoms with Crippen LogP contribution < -0.4 is 0 Å². The second-order valence-corrected chi connectivity index (χ2v) is 3.16. The van der Waals surface area contributed by atoms with Gasteiger partial charge in [0.15, 0.2) is 11.5 Å². The van der Waals surface area contributed by atoms with Gasteiger partial charge in [0.25, 0.3) is 0 Å². The minimum absolute atomic E-state index is 0.735. The standard InChI is InChI=1S/C10H11NO.2C2H6/c1-6-4-7(2)10-9(5-6)12-8(3)11-10;2*1-2/h4-5H,1-3H3;2*1-2H3. The fourth-order valence-corrected chi connectivity index (χ4v) is 1.48. The molecule has 2 aromatic rings. The van der Waals surface area contributed by atoms with Gasteiger partial charge in [-0.25, -0.2) is 4.98 Å². The van der Waals surface area contributed by atoms with Gasteiger partial charge in [0.05, 0.1) is 0 Å². The lowest BCUT2D eigenvalue weighted by molar-refractivity contribution is 0.561. The molecule has 0 atom stereocenters. The lowest BCUT2D eigenvalue weighted by atomic mass is 10.1. The van der Waals surface area contributed by atoms with E-state index in [4.69, 9.17) is 4.42 Å². The molecule has 0 aliphatic carbocycles. The Labute approximate surface area is 98.7 Å². The van der Waals surface area contributed by atoms with Crippen LogP contribution in [0.3, 0.4) is 0 Å². The molecular weight excluding hydrogens is 198 g/mol. The van der Waals surface area contributed by atoms with Crippen LogP contribution in [0.5, 0.6) is 0 Å². The number of fused-ring (bicyclic) bond motifs is 1. The van der Waals surface area contributed by atoms with Crippen molar-refractivity contribution in [2.45, 2.75) is 48.5 Å². The Morgan fingerprint density at radius 2 is 1.50 bits per heavy atom. The summed E-state index contributed by atoms with van der Waals surface area (Å²) in [6.45, 7) is 14.0. The summed E-state index contributed by atoms with van der Waals surface area (Å²) in [6, 6.07) is 4.13. The van der Waals surface area contributed by atoms with Crippen LogP contribution in [0.4, 0.5) is 0 Å². The zero-order valence-corrected chi connectivity index (χ0v) is 11.5. The smallest absolute Gasteiger partial charge is 0.192 e. The van der Waals surface area contributed by atoms with Crippen molar-refractivity contribution in [1.82, 2.24) is 4.98 Å². The Balaban J connectivity index is 0.000000509.